The van der Waals surface area contributed by atoms with E-state index < -0.39 is 0 Å². The number of unbranched alkanes of at least 4 members (excludes halogenated alkanes) is 16. The predicted molar refractivity (Wildman–Crippen MR) is 142 cm³/mol. The van der Waals surface area contributed by atoms with Crippen molar-refractivity contribution in [1.82, 2.24) is 4.90 Å². The summed E-state index contributed by atoms with van der Waals surface area (Å²) in [5, 5.41) is 0. The zero-order chi connectivity index (χ0) is 22.7. The van der Waals surface area contributed by atoms with Gasteiger partial charge >= 0.3 is 0 Å². The fraction of sp³-hybridized carbons (Fsp3) is 0.929. The van der Waals surface area contributed by atoms with Crippen molar-refractivity contribution in [2.75, 3.05) is 32.7 Å². The van der Waals surface area contributed by atoms with Crippen molar-refractivity contribution in [2.45, 2.75) is 135 Å². The number of allylic oxidation sites excluding steroid dienone is 2. The fourth-order valence-corrected chi connectivity index (χ4v) is 4.26. The number of hydrogen-bond acceptors (Lipinski definition) is 3. The Labute approximate surface area is 196 Å². The molecule has 0 saturated heterocycles. The number of nitrogens with two attached hydrogens (primary N) is 2. The average molecular weight is 438 g/mol. The van der Waals surface area contributed by atoms with Gasteiger partial charge in [0, 0.05) is 0 Å². The van der Waals surface area contributed by atoms with Crippen molar-refractivity contribution in [1.29, 1.82) is 0 Å². The van der Waals surface area contributed by atoms with Gasteiger partial charge in [0.1, 0.15) is 0 Å². The molecule has 3 heteroatoms. The van der Waals surface area contributed by atoms with Gasteiger partial charge in [-0.3, -0.25) is 0 Å². The molecule has 186 valence electrons. The lowest BCUT2D eigenvalue weighted by atomic mass is 10.1. The van der Waals surface area contributed by atoms with Gasteiger partial charge in [-0.2, -0.15) is 0 Å². The van der Waals surface area contributed by atoms with Crippen molar-refractivity contribution in [3.05, 3.63) is 12.2 Å². The van der Waals surface area contributed by atoms with Gasteiger partial charge in [0.15, 0.2) is 0 Å². The molecule has 0 radical (unpaired) electrons. The molecule has 0 bridgehead atoms. The first-order valence-electron chi connectivity index (χ1n) is 14.1. The quantitative estimate of drug-likeness (QED) is 0.108. The Morgan fingerprint density at radius 2 is 0.806 bits per heavy atom. The van der Waals surface area contributed by atoms with Gasteiger partial charge in [-0.1, -0.05) is 103 Å². The second kappa shape index (κ2) is 27.7. The van der Waals surface area contributed by atoms with Crippen molar-refractivity contribution >= 4 is 0 Å². The molecule has 0 aliphatic rings. The number of nitrogens with zero attached hydrogens (tertiary/aromatic N) is 1. The number of rotatable bonds is 26. The van der Waals surface area contributed by atoms with Crippen LogP contribution in [-0.2, 0) is 0 Å². The van der Waals surface area contributed by atoms with Crippen LogP contribution >= 0.6 is 0 Å². The van der Waals surface area contributed by atoms with E-state index >= 15 is 0 Å². The third-order valence-electron chi connectivity index (χ3n) is 6.34. The Balaban J connectivity index is 3.27. The summed E-state index contributed by atoms with van der Waals surface area (Å²) in [6.45, 7) is 7.41. The zero-order valence-corrected chi connectivity index (χ0v) is 21.4. The van der Waals surface area contributed by atoms with Crippen molar-refractivity contribution in [3.8, 4) is 0 Å². The van der Waals surface area contributed by atoms with Crippen LogP contribution in [0.15, 0.2) is 12.2 Å². The molecular formula is C28H59N3. The summed E-state index contributed by atoms with van der Waals surface area (Å²) in [5.74, 6) is 0. The van der Waals surface area contributed by atoms with E-state index in [2.05, 4.69) is 24.0 Å². The third-order valence-corrected chi connectivity index (χ3v) is 6.34. The minimum absolute atomic E-state index is 0.801. The van der Waals surface area contributed by atoms with E-state index in [0.29, 0.717) is 0 Å². The average Bonchev–Trinajstić information content (AvgIpc) is 2.79. The fourth-order valence-electron chi connectivity index (χ4n) is 4.26. The molecule has 0 spiro atoms. The highest BCUT2D eigenvalue weighted by atomic mass is 15.1. The maximum absolute atomic E-state index is 5.66. The van der Waals surface area contributed by atoms with E-state index in [1.807, 2.05) is 0 Å². The van der Waals surface area contributed by atoms with E-state index in [4.69, 9.17) is 11.5 Å². The summed E-state index contributed by atoms with van der Waals surface area (Å²) < 4.78 is 0. The van der Waals surface area contributed by atoms with E-state index in [1.54, 1.807) is 0 Å². The first-order chi connectivity index (χ1) is 15.3. The van der Waals surface area contributed by atoms with Gasteiger partial charge in [-0.05, 0) is 77.7 Å². The third kappa shape index (κ3) is 25.8. The van der Waals surface area contributed by atoms with Crippen molar-refractivity contribution in [3.63, 3.8) is 0 Å². The minimum Gasteiger partial charge on any atom is -0.330 e. The van der Waals surface area contributed by atoms with E-state index in [9.17, 15) is 0 Å². The van der Waals surface area contributed by atoms with E-state index in [0.717, 1.165) is 39.0 Å². The molecule has 31 heavy (non-hydrogen) atoms. The lowest BCUT2D eigenvalue weighted by Gasteiger charge is -2.21. The molecule has 0 atom stereocenters. The SMILES string of the molecule is CCCCCCCCC=CCCCCCCCCCCCCN(CCCN)CCCN. The maximum atomic E-state index is 5.66. The van der Waals surface area contributed by atoms with Crippen LogP contribution in [0.1, 0.15) is 135 Å². The molecular weight excluding hydrogens is 378 g/mol. The molecule has 0 aromatic carbocycles. The molecule has 0 saturated carbocycles. The highest BCUT2D eigenvalue weighted by molar-refractivity contribution is 4.81. The highest BCUT2D eigenvalue weighted by Gasteiger charge is 2.03. The smallest absolute Gasteiger partial charge is 0.000671 e. The monoisotopic (exact) mass is 437 g/mol. The van der Waals surface area contributed by atoms with Crippen molar-refractivity contribution in [2.24, 2.45) is 11.5 Å². The molecule has 0 aromatic heterocycles. The summed E-state index contributed by atoms with van der Waals surface area (Å²) in [7, 11) is 0. The standard InChI is InChI=1S/C28H59N3/c1-2-3-4-5-6-7-8-9-10-11-12-13-14-15-16-17-18-19-20-21-26-31(27-22-24-29)28-23-25-30/h9-10H,2-8,11-30H2,1H3. The van der Waals surface area contributed by atoms with Crippen LogP contribution in [0.2, 0.25) is 0 Å². The largest absolute Gasteiger partial charge is 0.330 e. The second-order valence-corrected chi connectivity index (χ2v) is 9.48. The maximum Gasteiger partial charge on any atom is -0.000671 e. The molecule has 3 nitrogen and oxygen atoms in total. The molecule has 0 amide bonds. The Kier molecular flexibility index (Phi) is 27.3. The first kappa shape index (κ1) is 30.6. The Hall–Kier alpha value is -0.380. The zero-order valence-electron chi connectivity index (χ0n) is 21.4. The van der Waals surface area contributed by atoms with Crippen LogP contribution in [0, 0.1) is 0 Å². The summed E-state index contributed by atoms with van der Waals surface area (Å²) in [5.41, 5.74) is 11.3. The van der Waals surface area contributed by atoms with Gasteiger partial charge < -0.3 is 16.4 Å². The van der Waals surface area contributed by atoms with Crippen LogP contribution in [0.25, 0.3) is 0 Å². The lowest BCUT2D eigenvalue weighted by molar-refractivity contribution is 0.263. The predicted octanol–water partition coefficient (Wildman–Crippen LogP) is 7.58. The topological polar surface area (TPSA) is 55.3 Å². The molecule has 0 aromatic rings. The summed E-state index contributed by atoms with van der Waals surface area (Å²) in [4.78, 5) is 2.56. The van der Waals surface area contributed by atoms with Crippen LogP contribution in [0.5, 0.6) is 0 Å². The molecule has 0 rings (SSSR count). The van der Waals surface area contributed by atoms with Crippen LogP contribution in [0.4, 0.5) is 0 Å². The second-order valence-electron chi connectivity index (χ2n) is 9.48. The lowest BCUT2D eigenvalue weighted by Crippen LogP contribution is -2.29. The van der Waals surface area contributed by atoms with Gasteiger partial charge in [-0.25, -0.2) is 0 Å². The summed E-state index contributed by atoms with van der Waals surface area (Å²) >= 11 is 0. The molecule has 0 aliphatic carbocycles. The Bertz CT molecular complexity index is 335. The summed E-state index contributed by atoms with van der Waals surface area (Å²) in [6, 6.07) is 0. The number of hydrogen-bond donors (Lipinski definition) is 2. The van der Waals surface area contributed by atoms with Gasteiger partial charge in [0.05, 0.1) is 0 Å². The van der Waals surface area contributed by atoms with Crippen LogP contribution in [-0.4, -0.2) is 37.6 Å². The highest BCUT2D eigenvalue weighted by Crippen LogP contribution is 2.12. The molecule has 0 aliphatic heterocycles. The summed E-state index contributed by atoms with van der Waals surface area (Å²) in [6.07, 6.45) is 32.2. The Morgan fingerprint density at radius 3 is 1.23 bits per heavy atom. The van der Waals surface area contributed by atoms with E-state index in [-0.39, 0.29) is 0 Å². The van der Waals surface area contributed by atoms with Crippen LogP contribution in [0.3, 0.4) is 0 Å². The van der Waals surface area contributed by atoms with Gasteiger partial charge in [-0.15, -0.1) is 0 Å². The van der Waals surface area contributed by atoms with E-state index in [1.165, 1.54) is 122 Å². The van der Waals surface area contributed by atoms with Gasteiger partial charge in [0.25, 0.3) is 0 Å². The minimum atomic E-state index is 0.801. The molecule has 4 N–H and O–H groups in total. The van der Waals surface area contributed by atoms with Crippen molar-refractivity contribution < 1.29 is 0 Å². The molecule has 0 unspecified atom stereocenters. The normalized spacial score (nSPS) is 11.9. The van der Waals surface area contributed by atoms with Crippen LogP contribution < -0.4 is 11.5 Å². The molecule has 0 heterocycles. The molecule has 0 fully saturated rings. The Morgan fingerprint density at radius 1 is 0.452 bits per heavy atom. The first-order valence-corrected chi connectivity index (χ1v) is 14.1. The van der Waals surface area contributed by atoms with Gasteiger partial charge in [0.2, 0.25) is 0 Å².